The van der Waals surface area contributed by atoms with Gasteiger partial charge in [0.2, 0.25) is 0 Å². The van der Waals surface area contributed by atoms with Gasteiger partial charge in [-0.2, -0.15) is 0 Å². The van der Waals surface area contributed by atoms with Gasteiger partial charge in [0.15, 0.2) is 0 Å². The van der Waals surface area contributed by atoms with E-state index in [4.69, 9.17) is 0 Å². The molecule has 0 saturated heterocycles. The Labute approximate surface area is 97.8 Å². The Morgan fingerprint density at radius 2 is 1.81 bits per heavy atom. The van der Waals surface area contributed by atoms with E-state index in [9.17, 15) is 9.59 Å². The summed E-state index contributed by atoms with van der Waals surface area (Å²) >= 11 is 0. The summed E-state index contributed by atoms with van der Waals surface area (Å²) in [5.74, 6) is 1.90. The largest absolute Gasteiger partial charge is 0.299 e. The zero-order valence-corrected chi connectivity index (χ0v) is 10.1. The number of carbonyl (C=O) groups is 2. The predicted octanol–water partition coefficient (Wildman–Crippen LogP) is 2.96. The smallest absolute Gasteiger partial charge is 0.139 e. The van der Waals surface area contributed by atoms with Crippen molar-refractivity contribution in [1.29, 1.82) is 0 Å². The minimum atomic E-state index is 0.149. The van der Waals surface area contributed by atoms with Crippen LogP contribution in [0.5, 0.6) is 0 Å². The van der Waals surface area contributed by atoms with Gasteiger partial charge in [0.25, 0.3) is 0 Å². The van der Waals surface area contributed by atoms with Crippen molar-refractivity contribution in [1.82, 2.24) is 0 Å². The molecule has 0 spiro atoms. The van der Waals surface area contributed by atoms with Crippen molar-refractivity contribution in [3.8, 4) is 0 Å². The Morgan fingerprint density at radius 1 is 1.12 bits per heavy atom. The van der Waals surface area contributed by atoms with E-state index in [1.807, 2.05) is 0 Å². The summed E-state index contributed by atoms with van der Waals surface area (Å²) in [6, 6.07) is 0. The third-order valence-electron chi connectivity index (χ3n) is 4.19. The second kappa shape index (κ2) is 5.11. The molecule has 0 aromatic carbocycles. The summed E-state index contributed by atoms with van der Waals surface area (Å²) in [6.45, 7) is 2.27. The van der Waals surface area contributed by atoms with Gasteiger partial charge < -0.3 is 0 Å². The topological polar surface area (TPSA) is 34.1 Å². The van der Waals surface area contributed by atoms with Gasteiger partial charge in [-0.1, -0.05) is 19.8 Å². The average molecular weight is 221 g/mol. The highest BCUT2D eigenvalue weighted by molar-refractivity contribution is 5.91. The van der Waals surface area contributed by atoms with Crippen LogP contribution in [0.2, 0.25) is 0 Å². The van der Waals surface area contributed by atoms with Gasteiger partial charge in [-0.05, 0) is 31.6 Å². The van der Waals surface area contributed by atoms with E-state index < -0.39 is 0 Å². The molecular formula is C14H21O2. The number of carbonyl (C=O) groups excluding carboxylic acids is 2. The standard InChI is InChI=1S/C14H21O2/c1-10-2-4-11(5-3-10)14(16)12-6-8-13(15)9-7-12/h8,10-12H,2-7,9H2,1H3. The van der Waals surface area contributed by atoms with Crippen LogP contribution in [0.25, 0.3) is 0 Å². The minimum Gasteiger partial charge on any atom is -0.299 e. The summed E-state index contributed by atoms with van der Waals surface area (Å²) in [5.41, 5.74) is 0. The molecule has 0 bridgehead atoms. The van der Waals surface area contributed by atoms with E-state index >= 15 is 0 Å². The van der Waals surface area contributed by atoms with Crippen molar-refractivity contribution in [2.45, 2.75) is 51.9 Å². The van der Waals surface area contributed by atoms with Gasteiger partial charge in [0.05, 0.1) is 0 Å². The van der Waals surface area contributed by atoms with Gasteiger partial charge in [-0.15, -0.1) is 0 Å². The molecular weight excluding hydrogens is 200 g/mol. The van der Waals surface area contributed by atoms with Crippen LogP contribution < -0.4 is 0 Å². The second-order valence-corrected chi connectivity index (χ2v) is 5.50. The molecule has 16 heavy (non-hydrogen) atoms. The molecule has 0 amide bonds. The molecule has 2 saturated carbocycles. The van der Waals surface area contributed by atoms with Crippen LogP contribution in [0.4, 0.5) is 0 Å². The lowest BCUT2D eigenvalue weighted by Gasteiger charge is -2.29. The highest BCUT2D eigenvalue weighted by Gasteiger charge is 2.31. The van der Waals surface area contributed by atoms with Crippen molar-refractivity contribution < 1.29 is 9.59 Å². The Morgan fingerprint density at radius 3 is 2.38 bits per heavy atom. The van der Waals surface area contributed by atoms with E-state index in [1.54, 1.807) is 6.42 Å². The maximum atomic E-state index is 12.2. The van der Waals surface area contributed by atoms with Crippen molar-refractivity contribution >= 4 is 11.6 Å². The number of ketones is 2. The highest BCUT2D eigenvalue weighted by atomic mass is 16.1. The number of hydrogen-bond acceptors (Lipinski definition) is 2. The Bertz CT molecular complexity index is 264. The maximum absolute atomic E-state index is 12.2. The first-order chi connectivity index (χ1) is 7.66. The fourth-order valence-corrected chi connectivity index (χ4v) is 2.95. The fourth-order valence-electron chi connectivity index (χ4n) is 2.95. The zero-order valence-electron chi connectivity index (χ0n) is 10.1. The lowest BCUT2D eigenvalue weighted by atomic mass is 9.74. The zero-order chi connectivity index (χ0) is 11.5. The third kappa shape index (κ3) is 2.72. The monoisotopic (exact) mass is 221 g/mol. The highest BCUT2D eigenvalue weighted by Crippen LogP contribution is 2.33. The quantitative estimate of drug-likeness (QED) is 0.718. The third-order valence-corrected chi connectivity index (χ3v) is 4.19. The van der Waals surface area contributed by atoms with Gasteiger partial charge in [-0.3, -0.25) is 9.59 Å². The average Bonchev–Trinajstić information content (AvgIpc) is 2.30. The Balaban J connectivity index is 1.85. The van der Waals surface area contributed by atoms with Crippen LogP contribution in [-0.2, 0) is 9.59 Å². The van der Waals surface area contributed by atoms with Crippen LogP contribution >= 0.6 is 0 Å². The van der Waals surface area contributed by atoms with Crippen molar-refractivity contribution in [2.75, 3.05) is 0 Å². The lowest BCUT2D eigenvalue weighted by molar-refractivity contribution is -0.129. The predicted molar refractivity (Wildman–Crippen MR) is 62.8 cm³/mol. The Hall–Kier alpha value is -0.660. The molecule has 2 nitrogen and oxygen atoms in total. The molecule has 0 heterocycles. The van der Waals surface area contributed by atoms with Crippen LogP contribution in [0, 0.1) is 24.2 Å². The molecule has 2 aliphatic carbocycles. The number of Topliss-reactive ketones (excluding diaryl/α,β-unsaturated/α-hetero) is 2. The second-order valence-electron chi connectivity index (χ2n) is 5.50. The molecule has 1 unspecified atom stereocenters. The van der Waals surface area contributed by atoms with Crippen molar-refractivity contribution in [3.05, 3.63) is 6.42 Å². The van der Waals surface area contributed by atoms with E-state index in [0.717, 1.165) is 25.2 Å². The molecule has 2 heteroatoms. The van der Waals surface area contributed by atoms with Gasteiger partial charge in [0, 0.05) is 24.7 Å². The molecule has 0 aromatic heterocycles. The first-order valence-electron chi connectivity index (χ1n) is 6.56. The molecule has 0 aliphatic heterocycles. The molecule has 2 fully saturated rings. The van der Waals surface area contributed by atoms with E-state index in [0.29, 0.717) is 24.5 Å². The first kappa shape index (κ1) is 11.8. The van der Waals surface area contributed by atoms with Gasteiger partial charge >= 0.3 is 0 Å². The lowest BCUT2D eigenvalue weighted by Crippen LogP contribution is -2.30. The molecule has 0 aromatic rings. The van der Waals surface area contributed by atoms with Crippen LogP contribution in [0.3, 0.4) is 0 Å². The van der Waals surface area contributed by atoms with E-state index in [2.05, 4.69) is 6.92 Å². The summed E-state index contributed by atoms with van der Waals surface area (Å²) in [7, 11) is 0. The SMILES string of the molecule is CC1CCC(C(=O)C2C[CH]C(=O)CC2)CC1. The maximum Gasteiger partial charge on any atom is 0.139 e. The normalized spacial score (nSPS) is 32.7. The van der Waals surface area contributed by atoms with E-state index in [1.165, 1.54) is 12.8 Å². The number of hydrogen-bond donors (Lipinski definition) is 0. The van der Waals surface area contributed by atoms with Crippen LogP contribution in [0.1, 0.15) is 51.9 Å². The first-order valence-corrected chi connectivity index (χ1v) is 6.56. The van der Waals surface area contributed by atoms with Crippen LogP contribution in [0.15, 0.2) is 0 Å². The molecule has 1 radical (unpaired) electrons. The number of rotatable bonds is 2. The van der Waals surface area contributed by atoms with Crippen molar-refractivity contribution in [3.63, 3.8) is 0 Å². The van der Waals surface area contributed by atoms with E-state index in [-0.39, 0.29) is 11.7 Å². The van der Waals surface area contributed by atoms with Gasteiger partial charge in [-0.25, -0.2) is 0 Å². The molecule has 2 aliphatic rings. The summed E-state index contributed by atoms with van der Waals surface area (Å²) < 4.78 is 0. The molecule has 0 N–H and O–H groups in total. The molecule has 1 atom stereocenters. The van der Waals surface area contributed by atoms with Gasteiger partial charge in [0.1, 0.15) is 11.6 Å². The molecule has 89 valence electrons. The fraction of sp³-hybridized carbons (Fsp3) is 0.786. The molecule has 2 rings (SSSR count). The summed E-state index contributed by atoms with van der Waals surface area (Å²) in [5, 5.41) is 0. The minimum absolute atomic E-state index is 0.149. The summed E-state index contributed by atoms with van der Waals surface area (Å²) in [4.78, 5) is 23.3. The Kier molecular flexibility index (Phi) is 3.78. The van der Waals surface area contributed by atoms with Crippen molar-refractivity contribution in [2.24, 2.45) is 17.8 Å². The van der Waals surface area contributed by atoms with Crippen LogP contribution in [-0.4, -0.2) is 11.6 Å². The summed E-state index contributed by atoms with van der Waals surface area (Å²) in [6.07, 6.45) is 8.34.